The molecule has 4 rings (SSSR count). The number of hydrogen-bond acceptors (Lipinski definition) is 6. The van der Waals surface area contributed by atoms with Crippen molar-refractivity contribution in [2.45, 2.75) is 6.54 Å². The molecule has 5 N–H and O–H groups in total. The largest absolute Gasteiger partial charge is 0.382 e. The maximum absolute atomic E-state index is 12.5. The SMILES string of the molecule is Nc1ncccc1NCc1cccc(NC(=O)c2cnc(-c3ccc[nH]3)cn2)c1. The molecule has 8 heteroatoms. The van der Waals surface area contributed by atoms with Gasteiger partial charge in [-0.15, -0.1) is 0 Å². The number of nitrogens with zero attached hydrogens (tertiary/aromatic N) is 3. The average molecular weight is 385 g/mol. The Morgan fingerprint density at radius 2 is 1.97 bits per heavy atom. The predicted molar refractivity (Wildman–Crippen MR) is 112 cm³/mol. The Kier molecular flexibility index (Phi) is 5.15. The number of rotatable bonds is 6. The van der Waals surface area contributed by atoms with Crippen molar-refractivity contribution < 1.29 is 4.79 Å². The zero-order valence-corrected chi connectivity index (χ0v) is 15.5. The van der Waals surface area contributed by atoms with E-state index in [9.17, 15) is 4.79 Å². The highest BCUT2D eigenvalue weighted by Crippen LogP contribution is 2.17. The van der Waals surface area contributed by atoms with Crippen LogP contribution in [0.2, 0.25) is 0 Å². The summed E-state index contributed by atoms with van der Waals surface area (Å²) >= 11 is 0. The van der Waals surface area contributed by atoms with Crippen molar-refractivity contribution in [2.24, 2.45) is 0 Å². The normalized spacial score (nSPS) is 10.5. The van der Waals surface area contributed by atoms with Crippen molar-refractivity contribution >= 4 is 23.1 Å². The van der Waals surface area contributed by atoms with Crippen molar-refractivity contribution in [3.05, 3.63) is 84.6 Å². The zero-order valence-electron chi connectivity index (χ0n) is 15.5. The Labute approximate surface area is 167 Å². The van der Waals surface area contributed by atoms with Crippen LogP contribution in [-0.2, 0) is 6.54 Å². The zero-order chi connectivity index (χ0) is 20.1. The maximum Gasteiger partial charge on any atom is 0.275 e. The Hall–Kier alpha value is -4.20. The van der Waals surface area contributed by atoms with E-state index in [0.29, 0.717) is 23.7 Å². The molecule has 8 nitrogen and oxygen atoms in total. The summed E-state index contributed by atoms with van der Waals surface area (Å²) in [5, 5.41) is 6.08. The number of nitrogen functional groups attached to an aromatic ring is 1. The van der Waals surface area contributed by atoms with Crippen LogP contribution >= 0.6 is 0 Å². The van der Waals surface area contributed by atoms with Gasteiger partial charge in [0.2, 0.25) is 0 Å². The third-order valence-corrected chi connectivity index (χ3v) is 4.26. The van der Waals surface area contributed by atoms with Crippen molar-refractivity contribution in [1.82, 2.24) is 19.9 Å². The number of nitrogens with one attached hydrogen (secondary N) is 3. The molecule has 29 heavy (non-hydrogen) atoms. The van der Waals surface area contributed by atoms with E-state index in [2.05, 4.69) is 30.6 Å². The smallest absolute Gasteiger partial charge is 0.275 e. The molecule has 0 saturated carbocycles. The highest BCUT2D eigenvalue weighted by atomic mass is 16.1. The molecule has 0 radical (unpaired) electrons. The van der Waals surface area contributed by atoms with Crippen LogP contribution in [0.15, 0.2) is 73.3 Å². The fourth-order valence-corrected chi connectivity index (χ4v) is 2.79. The lowest BCUT2D eigenvalue weighted by Gasteiger charge is -2.10. The summed E-state index contributed by atoms with van der Waals surface area (Å²) in [5.74, 6) is 0.121. The number of pyridine rings is 1. The van der Waals surface area contributed by atoms with Crippen LogP contribution in [0.1, 0.15) is 16.1 Å². The van der Waals surface area contributed by atoms with Gasteiger partial charge in [0.25, 0.3) is 5.91 Å². The number of anilines is 3. The van der Waals surface area contributed by atoms with Crippen LogP contribution in [0.5, 0.6) is 0 Å². The number of amides is 1. The van der Waals surface area contributed by atoms with Crippen LogP contribution < -0.4 is 16.4 Å². The summed E-state index contributed by atoms with van der Waals surface area (Å²) in [7, 11) is 0. The molecular weight excluding hydrogens is 366 g/mol. The predicted octanol–water partition coefficient (Wildman–Crippen LogP) is 3.31. The van der Waals surface area contributed by atoms with Crippen LogP contribution in [0.25, 0.3) is 11.4 Å². The van der Waals surface area contributed by atoms with Crippen LogP contribution in [0.3, 0.4) is 0 Å². The summed E-state index contributed by atoms with van der Waals surface area (Å²) in [6, 6.07) is 15.0. The number of aromatic amines is 1. The van der Waals surface area contributed by atoms with E-state index in [1.54, 1.807) is 12.4 Å². The first kappa shape index (κ1) is 18.2. The van der Waals surface area contributed by atoms with Gasteiger partial charge in [0.05, 0.1) is 23.8 Å². The van der Waals surface area contributed by atoms with Crippen molar-refractivity contribution in [3.63, 3.8) is 0 Å². The fourth-order valence-electron chi connectivity index (χ4n) is 2.79. The van der Waals surface area contributed by atoms with Gasteiger partial charge in [-0.3, -0.25) is 9.78 Å². The second kappa shape index (κ2) is 8.22. The summed E-state index contributed by atoms with van der Waals surface area (Å²) in [4.78, 5) is 28.1. The molecule has 0 atom stereocenters. The van der Waals surface area contributed by atoms with Crippen molar-refractivity contribution in [1.29, 1.82) is 0 Å². The summed E-state index contributed by atoms with van der Waals surface area (Å²) in [6.45, 7) is 0.546. The molecule has 1 aromatic carbocycles. The van der Waals surface area contributed by atoms with Gasteiger partial charge in [-0.2, -0.15) is 0 Å². The van der Waals surface area contributed by atoms with Crippen molar-refractivity contribution in [3.8, 4) is 11.4 Å². The highest BCUT2D eigenvalue weighted by Gasteiger charge is 2.10. The molecule has 0 bridgehead atoms. The van der Waals surface area contributed by atoms with E-state index in [-0.39, 0.29) is 11.6 Å². The van der Waals surface area contributed by atoms with Gasteiger partial charge >= 0.3 is 0 Å². The number of carbonyl (C=O) groups excluding carboxylic acids is 1. The molecule has 0 aliphatic rings. The molecular formula is C21H19N7O. The van der Waals surface area contributed by atoms with Gasteiger partial charge in [0.15, 0.2) is 0 Å². The quantitative estimate of drug-likeness (QED) is 0.404. The van der Waals surface area contributed by atoms with Crippen LogP contribution in [0, 0.1) is 0 Å². The lowest BCUT2D eigenvalue weighted by molar-refractivity contribution is 0.102. The molecule has 4 aromatic rings. The van der Waals surface area contributed by atoms with Gasteiger partial charge < -0.3 is 21.4 Å². The van der Waals surface area contributed by atoms with Gasteiger partial charge in [0, 0.05) is 24.6 Å². The third-order valence-electron chi connectivity index (χ3n) is 4.26. The maximum atomic E-state index is 12.5. The first-order chi connectivity index (χ1) is 14.2. The van der Waals surface area contributed by atoms with Gasteiger partial charge in [0.1, 0.15) is 17.2 Å². The van der Waals surface area contributed by atoms with Crippen LogP contribution in [-0.4, -0.2) is 25.8 Å². The molecule has 1 amide bonds. The minimum atomic E-state index is -0.322. The molecule has 0 saturated heterocycles. The van der Waals surface area contributed by atoms with E-state index in [0.717, 1.165) is 16.9 Å². The molecule has 0 aliphatic carbocycles. The number of nitrogens with two attached hydrogens (primary N) is 1. The third kappa shape index (κ3) is 4.38. The van der Waals surface area contributed by atoms with Crippen molar-refractivity contribution in [2.75, 3.05) is 16.4 Å². The average Bonchev–Trinajstić information content (AvgIpc) is 3.28. The second-order valence-electron chi connectivity index (χ2n) is 6.31. The summed E-state index contributed by atoms with van der Waals surface area (Å²) < 4.78 is 0. The lowest BCUT2D eigenvalue weighted by atomic mass is 10.2. The molecule has 0 aliphatic heterocycles. The Balaban J connectivity index is 1.41. The molecule has 0 unspecified atom stereocenters. The number of carbonyl (C=O) groups is 1. The first-order valence-electron chi connectivity index (χ1n) is 8.99. The van der Waals surface area contributed by atoms with E-state index in [1.807, 2.05) is 54.7 Å². The number of H-pyrrole nitrogens is 1. The summed E-state index contributed by atoms with van der Waals surface area (Å²) in [5.41, 5.74) is 10.0. The minimum absolute atomic E-state index is 0.243. The minimum Gasteiger partial charge on any atom is -0.382 e. The van der Waals surface area contributed by atoms with Gasteiger partial charge in [-0.1, -0.05) is 12.1 Å². The molecule has 3 heterocycles. The number of hydrogen-bond donors (Lipinski definition) is 4. The van der Waals surface area contributed by atoms with E-state index in [4.69, 9.17) is 5.73 Å². The molecule has 3 aromatic heterocycles. The first-order valence-corrected chi connectivity index (χ1v) is 8.99. The molecule has 0 spiro atoms. The van der Waals surface area contributed by atoms with E-state index in [1.165, 1.54) is 6.20 Å². The van der Waals surface area contributed by atoms with Gasteiger partial charge in [-0.05, 0) is 42.0 Å². The monoisotopic (exact) mass is 385 g/mol. The molecule has 0 fully saturated rings. The number of benzene rings is 1. The lowest BCUT2D eigenvalue weighted by Crippen LogP contribution is -2.14. The highest BCUT2D eigenvalue weighted by molar-refractivity contribution is 6.02. The summed E-state index contributed by atoms with van der Waals surface area (Å²) in [6.07, 6.45) is 6.48. The van der Waals surface area contributed by atoms with Crippen LogP contribution in [0.4, 0.5) is 17.2 Å². The van der Waals surface area contributed by atoms with Gasteiger partial charge in [-0.25, -0.2) is 9.97 Å². The Bertz CT molecular complexity index is 1110. The van der Waals surface area contributed by atoms with E-state index < -0.39 is 0 Å². The standard InChI is InChI=1S/C21H19N7O/c22-20-17(7-3-9-24-20)25-11-14-4-1-5-15(10-14)28-21(29)19-13-26-18(12-27-19)16-6-2-8-23-16/h1-10,12-13,23,25H,11H2,(H2,22,24)(H,28,29). The number of aromatic nitrogens is 4. The Morgan fingerprint density at radius 3 is 2.72 bits per heavy atom. The topological polar surface area (TPSA) is 122 Å². The second-order valence-corrected chi connectivity index (χ2v) is 6.31. The fraction of sp³-hybridized carbons (Fsp3) is 0.0476. The Morgan fingerprint density at radius 1 is 1.03 bits per heavy atom. The van der Waals surface area contributed by atoms with E-state index >= 15 is 0 Å². The molecule has 144 valence electrons.